The van der Waals surface area contributed by atoms with Crippen molar-refractivity contribution in [3.63, 3.8) is 0 Å². The van der Waals surface area contributed by atoms with Crippen molar-refractivity contribution in [3.8, 4) is 17.3 Å². The summed E-state index contributed by atoms with van der Waals surface area (Å²) in [5, 5.41) is 9.65. The van der Waals surface area contributed by atoms with Gasteiger partial charge in [0.2, 0.25) is 5.88 Å². The van der Waals surface area contributed by atoms with Gasteiger partial charge in [-0.25, -0.2) is 4.98 Å². The van der Waals surface area contributed by atoms with Crippen molar-refractivity contribution in [2.45, 2.75) is 26.2 Å². The molecule has 0 fully saturated rings. The maximum absolute atomic E-state index is 9.65. The molecule has 2 aromatic rings. The molecule has 1 N–H and O–H groups in total. The average Bonchev–Trinajstić information content (AvgIpc) is 2.28. The molecule has 0 radical (unpaired) electrons. The quantitative estimate of drug-likeness (QED) is 0.816. The van der Waals surface area contributed by atoms with Crippen LogP contribution in [-0.4, -0.2) is 20.1 Å². The highest BCUT2D eigenvalue weighted by atomic mass is 16.3. The van der Waals surface area contributed by atoms with Crippen LogP contribution in [0, 0.1) is 0 Å². The van der Waals surface area contributed by atoms with Crippen LogP contribution in [0.15, 0.2) is 30.6 Å². The van der Waals surface area contributed by atoms with E-state index in [2.05, 4.69) is 15.0 Å². The third-order valence-electron chi connectivity index (χ3n) is 2.40. The summed E-state index contributed by atoms with van der Waals surface area (Å²) in [6.45, 7) is 6.13. The Hall–Kier alpha value is -1.97. The summed E-state index contributed by atoms with van der Waals surface area (Å²) in [5.41, 5.74) is 1.48. The average molecular weight is 229 g/mol. The zero-order valence-corrected chi connectivity index (χ0v) is 10.2. The summed E-state index contributed by atoms with van der Waals surface area (Å²) in [6.07, 6.45) is 3.37. The molecule has 0 saturated carbocycles. The fourth-order valence-electron chi connectivity index (χ4n) is 1.44. The van der Waals surface area contributed by atoms with E-state index in [1.807, 2.05) is 32.9 Å². The lowest BCUT2D eigenvalue weighted by Gasteiger charge is -2.18. The van der Waals surface area contributed by atoms with Gasteiger partial charge in [0.25, 0.3) is 0 Å². The molecule has 2 rings (SSSR count). The number of pyridine rings is 1. The summed E-state index contributed by atoms with van der Waals surface area (Å²) in [7, 11) is 0. The molecule has 0 saturated heterocycles. The molecule has 0 unspecified atom stereocenters. The molecular formula is C13H15N3O. The SMILES string of the molecule is CC(C)(C)c1cc(O)nc(-c2cccnc2)n1. The number of hydrogen-bond donors (Lipinski definition) is 1. The summed E-state index contributed by atoms with van der Waals surface area (Å²) >= 11 is 0. The topological polar surface area (TPSA) is 58.9 Å². The Morgan fingerprint density at radius 1 is 1.18 bits per heavy atom. The first-order valence-electron chi connectivity index (χ1n) is 5.46. The minimum Gasteiger partial charge on any atom is -0.493 e. The van der Waals surface area contributed by atoms with Gasteiger partial charge < -0.3 is 5.11 Å². The molecule has 2 heterocycles. The number of rotatable bonds is 1. The highest BCUT2D eigenvalue weighted by Crippen LogP contribution is 2.25. The van der Waals surface area contributed by atoms with Crippen LogP contribution < -0.4 is 0 Å². The van der Waals surface area contributed by atoms with E-state index in [9.17, 15) is 5.11 Å². The molecule has 4 heteroatoms. The predicted octanol–water partition coefficient (Wildman–Crippen LogP) is 2.54. The Labute approximate surface area is 100 Å². The van der Waals surface area contributed by atoms with E-state index < -0.39 is 0 Å². The highest BCUT2D eigenvalue weighted by Gasteiger charge is 2.18. The Balaban J connectivity index is 2.54. The second-order valence-electron chi connectivity index (χ2n) is 4.93. The first kappa shape index (κ1) is 11.5. The zero-order valence-electron chi connectivity index (χ0n) is 10.2. The van der Waals surface area contributed by atoms with Crippen LogP contribution in [-0.2, 0) is 5.41 Å². The molecular weight excluding hydrogens is 214 g/mol. The lowest BCUT2D eigenvalue weighted by molar-refractivity contribution is 0.446. The maximum atomic E-state index is 9.65. The molecule has 0 amide bonds. The first-order chi connectivity index (χ1) is 7.97. The van der Waals surface area contributed by atoms with Crippen LogP contribution >= 0.6 is 0 Å². The van der Waals surface area contributed by atoms with E-state index >= 15 is 0 Å². The minimum absolute atomic E-state index is 0.0104. The summed E-state index contributed by atoms with van der Waals surface area (Å²) in [4.78, 5) is 12.5. The molecule has 2 aromatic heterocycles. The van der Waals surface area contributed by atoms with Gasteiger partial charge in [-0.05, 0) is 12.1 Å². The fourth-order valence-corrected chi connectivity index (χ4v) is 1.44. The minimum atomic E-state index is -0.128. The van der Waals surface area contributed by atoms with Crippen molar-refractivity contribution >= 4 is 0 Å². The van der Waals surface area contributed by atoms with Gasteiger partial charge in [0.1, 0.15) is 0 Å². The maximum Gasteiger partial charge on any atom is 0.214 e. The van der Waals surface area contributed by atoms with Gasteiger partial charge >= 0.3 is 0 Å². The Bertz CT molecular complexity index is 518. The molecule has 0 atom stereocenters. The van der Waals surface area contributed by atoms with Crippen molar-refractivity contribution in [3.05, 3.63) is 36.3 Å². The monoisotopic (exact) mass is 229 g/mol. The molecule has 0 aliphatic carbocycles. The second kappa shape index (κ2) is 4.13. The Kier molecular flexibility index (Phi) is 2.79. The lowest BCUT2D eigenvalue weighted by atomic mass is 9.92. The summed E-state index contributed by atoms with van der Waals surface area (Å²) in [6, 6.07) is 5.29. The van der Waals surface area contributed by atoms with Crippen LogP contribution in [0.25, 0.3) is 11.4 Å². The van der Waals surface area contributed by atoms with E-state index in [1.165, 1.54) is 0 Å². The van der Waals surface area contributed by atoms with E-state index in [4.69, 9.17) is 0 Å². The largest absolute Gasteiger partial charge is 0.493 e. The smallest absolute Gasteiger partial charge is 0.214 e. The summed E-state index contributed by atoms with van der Waals surface area (Å²) in [5.74, 6) is 0.492. The number of hydrogen-bond acceptors (Lipinski definition) is 4. The summed E-state index contributed by atoms with van der Waals surface area (Å²) < 4.78 is 0. The fraction of sp³-hybridized carbons (Fsp3) is 0.308. The molecule has 0 aromatic carbocycles. The molecule has 0 aliphatic heterocycles. The molecule has 0 spiro atoms. The van der Waals surface area contributed by atoms with Crippen LogP contribution in [0.4, 0.5) is 0 Å². The van der Waals surface area contributed by atoms with Gasteiger partial charge in [0.15, 0.2) is 5.82 Å². The third-order valence-corrected chi connectivity index (χ3v) is 2.40. The second-order valence-corrected chi connectivity index (χ2v) is 4.93. The highest BCUT2D eigenvalue weighted by molar-refractivity contribution is 5.54. The van der Waals surface area contributed by atoms with E-state index in [0.29, 0.717) is 5.82 Å². The van der Waals surface area contributed by atoms with E-state index in [1.54, 1.807) is 18.5 Å². The predicted molar refractivity (Wildman–Crippen MR) is 65.6 cm³/mol. The Morgan fingerprint density at radius 3 is 2.53 bits per heavy atom. The van der Waals surface area contributed by atoms with Crippen molar-refractivity contribution in [1.82, 2.24) is 15.0 Å². The van der Waals surface area contributed by atoms with Crippen molar-refractivity contribution < 1.29 is 5.11 Å². The van der Waals surface area contributed by atoms with Crippen LogP contribution in [0.2, 0.25) is 0 Å². The molecule has 88 valence electrons. The molecule has 17 heavy (non-hydrogen) atoms. The van der Waals surface area contributed by atoms with Gasteiger partial charge in [-0.15, -0.1) is 0 Å². The standard InChI is InChI=1S/C13H15N3O/c1-13(2,3)10-7-11(17)16-12(15-10)9-5-4-6-14-8-9/h4-8H,1-3H3,(H,15,16,17). The first-order valence-corrected chi connectivity index (χ1v) is 5.46. The number of nitrogens with zero attached hydrogens (tertiary/aromatic N) is 3. The van der Waals surface area contributed by atoms with Crippen molar-refractivity contribution in [1.29, 1.82) is 0 Å². The van der Waals surface area contributed by atoms with Gasteiger partial charge in [0.05, 0.1) is 5.69 Å². The molecule has 0 bridgehead atoms. The van der Waals surface area contributed by atoms with Crippen LogP contribution in [0.3, 0.4) is 0 Å². The number of aromatic hydroxyl groups is 1. The number of aromatic nitrogens is 3. The van der Waals surface area contributed by atoms with E-state index in [0.717, 1.165) is 11.3 Å². The third kappa shape index (κ3) is 2.58. The van der Waals surface area contributed by atoms with Gasteiger partial charge in [0, 0.05) is 29.4 Å². The zero-order chi connectivity index (χ0) is 12.5. The van der Waals surface area contributed by atoms with E-state index in [-0.39, 0.29) is 11.3 Å². The Morgan fingerprint density at radius 2 is 1.94 bits per heavy atom. The van der Waals surface area contributed by atoms with Crippen molar-refractivity contribution in [2.75, 3.05) is 0 Å². The lowest BCUT2D eigenvalue weighted by Crippen LogP contribution is -2.14. The van der Waals surface area contributed by atoms with Crippen LogP contribution in [0.1, 0.15) is 26.5 Å². The van der Waals surface area contributed by atoms with Gasteiger partial charge in [-0.2, -0.15) is 4.98 Å². The normalized spacial score (nSPS) is 11.5. The molecule has 0 aliphatic rings. The molecule has 4 nitrogen and oxygen atoms in total. The van der Waals surface area contributed by atoms with Crippen LogP contribution in [0.5, 0.6) is 5.88 Å². The van der Waals surface area contributed by atoms with Gasteiger partial charge in [-0.1, -0.05) is 20.8 Å². The van der Waals surface area contributed by atoms with Crippen molar-refractivity contribution in [2.24, 2.45) is 0 Å². The van der Waals surface area contributed by atoms with Gasteiger partial charge in [-0.3, -0.25) is 4.98 Å².